The molecule has 51 valence electrons. The third kappa shape index (κ3) is 1.91. The Kier molecular flexibility index (Phi) is 2.42. The van der Waals surface area contributed by atoms with Gasteiger partial charge in [0.1, 0.15) is 5.49 Å². The molecule has 0 spiro atoms. The zero-order valence-corrected chi connectivity index (χ0v) is 6.02. The van der Waals surface area contributed by atoms with Crippen molar-refractivity contribution in [3.8, 4) is 0 Å². The summed E-state index contributed by atoms with van der Waals surface area (Å²) in [7, 11) is 0. The lowest BCUT2D eigenvalue weighted by Crippen LogP contribution is -2.34. The van der Waals surface area contributed by atoms with Crippen molar-refractivity contribution in [2.75, 3.05) is 13.1 Å². The molecule has 0 unspecified atom stereocenters. The number of piperidine rings is 1. The molecular weight excluding hydrogens is 134 g/mol. The summed E-state index contributed by atoms with van der Waals surface area (Å²) in [5.41, 5.74) is 2.63. The van der Waals surface area contributed by atoms with Gasteiger partial charge in [-0.05, 0) is 12.8 Å². The summed E-state index contributed by atoms with van der Waals surface area (Å²) < 4.78 is 0. The molecule has 0 amide bonds. The van der Waals surface area contributed by atoms with Gasteiger partial charge in [-0.1, -0.05) is 12.2 Å². The predicted molar refractivity (Wildman–Crippen MR) is 39.4 cm³/mol. The van der Waals surface area contributed by atoms with Gasteiger partial charge in [0.2, 0.25) is 0 Å². The van der Waals surface area contributed by atoms with E-state index in [1.54, 1.807) is 0 Å². The average molecular weight is 144 g/mol. The van der Waals surface area contributed by atoms with Crippen molar-refractivity contribution in [2.24, 2.45) is 0 Å². The molecule has 0 bridgehead atoms. The molecule has 2 nitrogen and oxygen atoms in total. The first kappa shape index (κ1) is 6.96. The van der Waals surface area contributed by atoms with Gasteiger partial charge in [0.25, 0.3) is 0 Å². The lowest BCUT2D eigenvalue weighted by Gasteiger charge is -2.26. The van der Waals surface area contributed by atoms with E-state index in [1.165, 1.54) is 0 Å². The Balaban J connectivity index is 2.26. The van der Waals surface area contributed by atoms with Crippen LogP contribution in [0.25, 0.3) is 0 Å². The summed E-state index contributed by atoms with van der Waals surface area (Å²) in [6, 6.07) is 0. The molecule has 1 aliphatic rings. The second-order valence-corrected chi connectivity index (χ2v) is 2.49. The highest BCUT2D eigenvalue weighted by atomic mass is 32.1. The van der Waals surface area contributed by atoms with E-state index in [1.807, 2.05) is 4.90 Å². The van der Waals surface area contributed by atoms with Gasteiger partial charge in [0, 0.05) is 13.1 Å². The predicted octanol–water partition coefficient (Wildman–Crippen LogP) is 0.277. The molecule has 1 heterocycles. The molecule has 9 heavy (non-hydrogen) atoms. The first-order chi connectivity index (χ1) is 4.33. The van der Waals surface area contributed by atoms with Crippen molar-refractivity contribution >= 4 is 17.7 Å². The Morgan fingerprint density at radius 2 is 2.00 bits per heavy atom. The number of nitrogens with zero attached hydrogens (tertiary/aromatic N) is 1. The van der Waals surface area contributed by atoms with Crippen LogP contribution < -0.4 is 0 Å². The fraction of sp³-hybridized carbons (Fsp3) is 0.833. The number of aliphatic hydroxyl groups is 1. The van der Waals surface area contributed by atoms with Crippen LogP contribution in [0.1, 0.15) is 12.8 Å². The molecule has 0 saturated carbocycles. The molecule has 0 aliphatic carbocycles. The number of hydrogen-bond donors (Lipinski definition) is 1. The zero-order valence-electron chi connectivity index (χ0n) is 5.21. The van der Waals surface area contributed by atoms with Crippen molar-refractivity contribution in [1.82, 2.24) is 4.90 Å². The molecule has 1 saturated heterocycles. The first-order valence-corrected chi connectivity index (χ1v) is 3.54. The van der Waals surface area contributed by atoms with Gasteiger partial charge in [-0.2, -0.15) is 0 Å². The van der Waals surface area contributed by atoms with Crippen molar-refractivity contribution in [3.05, 3.63) is 0 Å². The van der Waals surface area contributed by atoms with E-state index >= 15 is 0 Å². The van der Waals surface area contributed by atoms with Crippen LogP contribution in [0.5, 0.6) is 0 Å². The summed E-state index contributed by atoms with van der Waals surface area (Å²) in [6.45, 7) is 1.73. The van der Waals surface area contributed by atoms with E-state index in [2.05, 4.69) is 17.7 Å². The number of likely N-dealkylation sites (tertiary alicyclic amines) is 1. The maximum Gasteiger partial charge on any atom is 0.136 e. The highest BCUT2D eigenvalue weighted by Gasteiger charge is 2.13. The topological polar surface area (TPSA) is 23.5 Å². The maximum atomic E-state index is 9.03. The minimum atomic E-state index is -0.107. The van der Waals surface area contributed by atoms with Gasteiger partial charge in [-0.3, -0.25) is 0 Å². The quantitative estimate of drug-likeness (QED) is 0.535. The number of hydrogen-bond acceptors (Lipinski definition) is 2. The largest absolute Gasteiger partial charge is 0.393 e. The molecule has 1 rings (SSSR count). The summed E-state index contributed by atoms with van der Waals surface area (Å²) in [6.07, 6.45) is 1.57. The van der Waals surface area contributed by atoms with Gasteiger partial charge in [0.05, 0.1) is 6.10 Å². The highest BCUT2D eigenvalue weighted by Crippen LogP contribution is 2.07. The number of aliphatic hydroxyl groups excluding tert-OH is 1. The number of thiocarbonyl (C=S) groups is 1. The Hall–Kier alpha value is -0.150. The standard InChI is InChI=1S/C6H10NOS/c8-6-1-3-7(5-9)4-2-6/h6,8H,1-4H2. The Bertz CT molecular complexity index is 99.2. The molecule has 0 aromatic heterocycles. The lowest BCUT2D eigenvalue weighted by atomic mass is 10.1. The average Bonchev–Trinajstić information content (AvgIpc) is 1.90. The van der Waals surface area contributed by atoms with Crippen LogP contribution in [-0.4, -0.2) is 34.7 Å². The molecule has 0 aromatic carbocycles. The van der Waals surface area contributed by atoms with Crippen LogP contribution in [0.4, 0.5) is 0 Å². The fourth-order valence-electron chi connectivity index (χ4n) is 0.957. The molecule has 0 aromatic rings. The second kappa shape index (κ2) is 3.13. The summed E-state index contributed by atoms with van der Waals surface area (Å²) in [4.78, 5) is 1.93. The van der Waals surface area contributed by atoms with E-state index in [0.29, 0.717) is 0 Å². The van der Waals surface area contributed by atoms with Crippen LogP contribution in [0.2, 0.25) is 0 Å². The Morgan fingerprint density at radius 3 is 2.44 bits per heavy atom. The highest BCUT2D eigenvalue weighted by molar-refractivity contribution is 7.78. The summed E-state index contributed by atoms with van der Waals surface area (Å²) in [5, 5.41) is 9.03. The van der Waals surface area contributed by atoms with Crippen molar-refractivity contribution in [2.45, 2.75) is 18.9 Å². The van der Waals surface area contributed by atoms with Crippen molar-refractivity contribution in [3.63, 3.8) is 0 Å². The second-order valence-electron chi connectivity index (χ2n) is 2.31. The van der Waals surface area contributed by atoms with Crippen LogP contribution in [0.3, 0.4) is 0 Å². The monoisotopic (exact) mass is 144 g/mol. The normalized spacial score (nSPS) is 22.1. The molecular formula is C6H10NOS. The minimum Gasteiger partial charge on any atom is -0.393 e. The van der Waals surface area contributed by atoms with Crippen LogP contribution in [0, 0.1) is 0 Å². The number of rotatable bonds is 1. The molecule has 1 fully saturated rings. The summed E-state index contributed by atoms with van der Waals surface area (Å²) in [5.74, 6) is 0. The summed E-state index contributed by atoms with van der Waals surface area (Å²) >= 11 is 4.60. The molecule has 0 atom stereocenters. The molecule has 1 N–H and O–H groups in total. The van der Waals surface area contributed by atoms with Crippen LogP contribution in [-0.2, 0) is 0 Å². The zero-order chi connectivity index (χ0) is 6.69. The van der Waals surface area contributed by atoms with Gasteiger partial charge in [-0.25, -0.2) is 0 Å². The third-order valence-electron chi connectivity index (χ3n) is 1.59. The van der Waals surface area contributed by atoms with Crippen LogP contribution in [0.15, 0.2) is 0 Å². The molecule has 1 radical (unpaired) electrons. The van der Waals surface area contributed by atoms with E-state index < -0.39 is 0 Å². The third-order valence-corrected chi connectivity index (χ3v) is 1.85. The van der Waals surface area contributed by atoms with Crippen LogP contribution >= 0.6 is 12.2 Å². The smallest absolute Gasteiger partial charge is 0.136 e. The van der Waals surface area contributed by atoms with E-state index in [4.69, 9.17) is 5.11 Å². The van der Waals surface area contributed by atoms with E-state index in [-0.39, 0.29) is 6.10 Å². The van der Waals surface area contributed by atoms with Crippen molar-refractivity contribution < 1.29 is 5.11 Å². The first-order valence-electron chi connectivity index (χ1n) is 3.13. The van der Waals surface area contributed by atoms with Gasteiger partial charge in [-0.15, -0.1) is 0 Å². The SMILES string of the molecule is OC1CCN([C]=S)CC1. The maximum absolute atomic E-state index is 9.03. The van der Waals surface area contributed by atoms with Gasteiger partial charge < -0.3 is 10.0 Å². The Labute approximate surface area is 60.5 Å². The van der Waals surface area contributed by atoms with Gasteiger partial charge >= 0.3 is 0 Å². The fourth-order valence-corrected chi connectivity index (χ4v) is 1.14. The lowest BCUT2D eigenvalue weighted by molar-refractivity contribution is 0.111. The van der Waals surface area contributed by atoms with E-state index in [9.17, 15) is 0 Å². The van der Waals surface area contributed by atoms with E-state index in [0.717, 1.165) is 25.9 Å². The van der Waals surface area contributed by atoms with Gasteiger partial charge in [0.15, 0.2) is 0 Å². The molecule has 1 aliphatic heterocycles. The minimum absolute atomic E-state index is 0.107. The molecule has 3 heteroatoms. The Morgan fingerprint density at radius 1 is 1.44 bits per heavy atom. The van der Waals surface area contributed by atoms with Crippen molar-refractivity contribution in [1.29, 1.82) is 0 Å².